The van der Waals surface area contributed by atoms with Crippen LogP contribution in [0.4, 0.5) is 5.82 Å². The van der Waals surface area contributed by atoms with E-state index in [0.717, 1.165) is 25.4 Å². The van der Waals surface area contributed by atoms with Gasteiger partial charge in [-0.1, -0.05) is 13.8 Å². The zero-order chi connectivity index (χ0) is 14.5. The van der Waals surface area contributed by atoms with Gasteiger partial charge in [0.05, 0.1) is 18.3 Å². The number of nitriles is 1. The Bertz CT molecular complexity index is 495. The Kier molecular flexibility index (Phi) is 4.94. The predicted molar refractivity (Wildman–Crippen MR) is 78.8 cm³/mol. The maximum Gasteiger partial charge on any atom is 0.144 e. The van der Waals surface area contributed by atoms with Gasteiger partial charge in [-0.15, -0.1) is 0 Å². The first-order valence-corrected chi connectivity index (χ1v) is 7.05. The van der Waals surface area contributed by atoms with E-state index in [1.807, 2.05) is 12.1 Å². The molecule has 1 saturated heterocycles. The molecule has 1 aliphatic rings. The predicted octanol–water partition coefficient (Wildman–Crippen LogP) is 1.82. The topological polar surface area (TPSA) is 61.2 Å². The molecule has 0 amide bonds. The summed E-state index contributed by atoms with van der Waals surface area (Å²) in [5.41, 5.74) is 1.58. The van der Waals surface area contributed by atoms with Gasteiger partial charge in [0, 0.05) is 25.3 Å². The first kappa shape index (κ1) is 14.8. The van der Waals surface area contributed by atoms with Crippen molar-refractivity contribution < 1.29 is 4.74 Å². The van der Waals surface area contributed by atoms with Gasteiger partial charge in [-0.25, -0.2) is 4.98 Å². The third-order valence-electron chi connectivity index (χ3n) is 3.47. The summed E-state index contributed by atoms with van der Waals surface area (Å²) in [6.45, 7) is 7.50. The summed E-state index contributed by atoms with van der Waals surface area (Å²) in [5, 5.41) is 12.4. The molecule has 1 unspecified atom stereocenters. The normalized spacial score (nSPS) is 19.9. The number of pyridine rings is 1. The monoisotopic (exact) mass is 274 g/mol. The molecule has 2 rings (SSSR count). The molecule has 1 atom stereocenters. The number of rotatable bonds is 4. The second-order valence-corrected chi connectivity index (χ2v) is 5.53. The smallest absolute Gasteiger partial charge is 0.144 e. The van der Waals surface area contributed by atoms with Crippen LogP contribution in [0.1, 0.15) is 31.0 Å². The van der Waals surface area contributed by atoms with Gasteiger partial charge in [0.25, 0.3) is 0 Å². The van der Waals surface area contributed by atoms with Crippen molar-refractivity contribution in [3.8, 4) is 6.07 Å². The molecule has 0 spiro atoms. The lowest BCUT2D eigenvalue weighted by atomic mass is 10.1. The fourth-order valence-corrected chi connectivity index (χ4v) is 2.22. The minimum atomic E-state index is 0.143. The molecule has 0 radical (unpaired) electrons. The van der Waals surface area contributed by atoms with E-state index in [-0.39, 0.29) is 6.10 Å². The maximum absolute atomic E-state index is 9.16. The van der Waals surface area contributed by atoms with E-state index < -0.39 is 0 Å². The molecule has 1 aromatic rings. The van der Waals surface area contributed by atoms with Gasteiger partial charge >= 0.3 is 0 Å². The van der Waals surface area contributed by atoms with Crippen molar-refractivity contribution >= 4 is 5.82 Å². The van der Waals surface area contributed by atoms with E-state index in [0.29, 0.717) is 23.8 Å². The van der Waals surface area contributed by atoms with E-state index in [9.17, 15) is 0 Å². The van der Waals surface area contributed by atoms with Crippen molar-refractivity contribution in [3.63, 3.8) is 0 Å². The molecule has 5 heteroatoms. The van der Waals surface area contributed by atoms with Gasteiger partial charge in [-0.3, -0.25) is 0 Å². The van der Waals surface area contributed by atoms with E-state index in [1.165, 1.54) is 0 Å². The lowest BCUT2D eigenvalue weighted by molar-refractivity contribution is -0.0117. The number of aromatic nitrogens is 1. The lowest BCUT2D eigenvalue weighted by Crippen LogP contribution is -2.43. The van der Waals surface area contributed by atoms with Gasteiger partial charge < -0.3 is 15.0 Å². The maximum atomic E-state index is 9.16. The summed E-state index contributed by atoms with van der Waals surface area (Å²) in [6.07, 6.45) is 0.143. The molecule has 108 valence electrons. The average molecular weight is 274 g/mol. The van der Waals surface area contributed by atoms with Crippen LogP contribution in [0, 0.1) is 11.3 Å². The molecular formula is C15H22N4O. The standard InChI is InChI=1S/C15H22N4O/c1-11(2)14-5-4-12(8-16)15(18-14)17-9-13-10-19(3)6-7-20-13/h4-5,11,13H,6-7,9-10H2,1-3H3,(H,17,18). The summed E-state index contributed by atoms with van der Waals surface area (Å²) < 4.78 is 5.71. The van der Waals surface area contributed by atoms with E-state index in [4.69, 9.17) is 10.00 Å². The van der Waals surface area contributed by atoms with Crippen LogP contribution in [-0.2, 0) is 4.74 Å². The van der Waals surface area contributed by atoms with E-state index in [1.54, 1.807) is 0 Å². The molecule has 0 aliphatic carbocycles. The van der Waals surface area contributed by atoms with Crippen molar-refractivity contribution in [2.75, 3.05) is 38.6 Å². The number of hydrogen-bond donors (Lipinski definition) is 1. The highest BCUT2D eigenvalue weighted by atomic mass is 16.5. The number of anilines is 1. The molecule has 0 aromatic carbocycles. The molecular weight excluding hydrogens is 252 g/mol. The second-order valence-electron chi connectivity index (χ2n) is 5.53. The Morgan fingerprint density at radius 3 is 3.00 bits per heavy atom. The van der Waals surface area contributed by atoms with Gasteiger partial charge in [-0.2, -0.15) is 5.26 Å². The first-order valence-electron chi connectivity index (χ1n) is 7.05. The molecule has 1 fully saturated rings. The number of nitrogens with zero attached hydrogens (tertiary/aromatic N) is 3. The summed E-state index contributed by atoms with van der Waals surface area (Å²) in [6, 6.07) is 5.93. The van der Waals surface area contributed by atoms with Crippen LogP contribution in [0.15, 0.2) is 12.1 Å². The largest absolute Gasteiger partial charge is 0.374 e. The zero-order valence-corrected chi connectivity index (χ0v) is 12.4. The van der Waals surface area contributed by atoms with Crippen LogP contribution < -0.4 is 5.32 Å². The minimum absolute atomic E-state index is 0.143. The molecule has 1 aliphatic heterocycles. The van der Waals surface area contributed by atoms with Crippen LogP contribution in [0.3, 0.4) is 0 Å². The summed E-state index contributed by atoms with van der Waals surface area (Å²) in [5.74, 6) is 1.01. The van der Waals surface area contributed by atoms with Crippen LogP contribution in [0.25, 0.3) is 0 Å². The number of nitrogens with one attached hydrogen (secondary N) is 1. The summed E-state index contributed by atoms with van der Waals surface area (Å²) >= 11 is 0. The molecule has 5 nitrogen and oxygen atoms in total. The fourth-order valence-electron chi connectivity index (χ4n) is 2.22. The molecule has 0 saturated carbocycles. The van der Waals surface area contributed by atoms with Crippen molar-refractivity contribution in [1.29, 1.82) is 5.26 Å². The van der Waals surface area contributed by atoms with Crippen molar-refractivity contribution in [3.05, 3.63) is 23.4 Å². The average Bonchev–Trinajstić information content (AvgIpc) is 2.44. The van der Waals surface area contributed by atoms with Crippen LogP contribution in [-0.4, -0.2) is 49.3 Å². The van der Waals surface area contributed by atoms with Gasteiger partial charge in [0.1, 0.15) is 11.9 Å². The highest BCUT2D eigenvalue weighted by molar-refractivity contribution is 5.52. The van der Waals surface area contributed by atoms with Crippen molar-refractivity contribution in [2.24, 2.45) is 0 Å². The molecule has 20 heavy (non-hydrogen) atoms. The summed E-state index contributed by atoms with van der Waals surface area (Å²) in [7, 11) is 2.09. The van der Waals surface area contributed by atoms with E-state index >= 15 is 0 Å². The number of morpholine rings is 1. The van der Waals surface area contributed by atoms with Crippen LogP contribution in [0.5, 0.6) is 0 Å². The van der Waals surface area contributed by atoms with Crippen LogP contribution in [0.2, 0.25) is 0 Å². The minimum Gasteiger partial charge on any atom is -0.374 e. The Hall–Kier alpha value is -1.64. The molecule has 1 aromatic heterocycles. The number of hydrogen-bond acceptors (Lipinski definition) is 5. The Morgan fingerprint density at radius 1 is 1.55 bits per heavy atom. The summed E-state index contributed by atoms with van der Waals surface area (Å²) in [4.78, 5) is 6.79. The number of ether oxygens (including phenoxy) is 1. The Morgan fingerprint density at radius 2 is 2.35 bits per heavy atom. The molecule has 0 bridgehead atoms. The third kappa shape index (κ3) is 3.69. The van der Waals surface area contributed by atoms with Gasteiger partial charge in [0.15, 0.2) is 0 Å². The quantitative estimate of drug-likeness (QED) is 0.907. The number of likely N-dealkylation sites (N-methyl/N-ethyl adjacent to an activating group) is 1. The van der Waals surface area contributed by atoms with Gasteiger partial charge in [-0.05, 0) is 25.1 Å². The Balaban J connectivity index is 2.04. The second kappa shape index (κ2) is 6.69. The zero-order valence-electron chi connectivity index (χ0n) is 12.4. The highest BCUT2D eigenvalue weighted by Gasteiger charge is 2.18. The van der Waals surface area contributed by atoms with Gasteiger partial charge in [0.2, 0.25) is 0 Å². The highest BCUT2D eigenvalue weighted by Crippen LogP contribution is 2.18. The first-order chi connectivity index (χ1) is 9.60. The fraction of sp³-hybridized carbons (Fsp3) is 0.600. The third-order valence-corrected chi connectivity index (χ3v) is 3.47. The molecule has 1 N–H and O–H groups in total. The van der Waals surface area contributed by atoms with Crippen molar-refractivity contribution in [1.82, 2.24) is 9.88 Å². The SMILES string of the molecule is CC(C)c1ccc(C#N)c(NCC2CN(C)CCO2)n1. The Labute approximate surface area is 120 Å². The molecule has 2 heterocycles. The van der Waals surface area contributed by atoms with Crippen LogP contribution >= 0.6 is 0 Å². The van der Waals surface area contributed by atoms with E-state index in [2.05, 4.69) is 42.2 Å². The lowest BCUT2D eigenvalue weighted by Gasteiger charge is -2.30. The van der Waals surface area contributed by atoms with Crippen molar-refractivity contribution in [2.45, 2.75) is 25.9 Å².